The van der Waals surface area contributed by atoms with Crippen molar-refractivity contribution >= 4 is 38.7 Å². The van der Waals surface area contributed by atoms with E-state index in [4.69, 9.17) is 9.47 Å². The van der Waals surface area contributed by atoms with Gasteiger partial charge in [-0.2, -0.15) is 0 Å². The van der Waals surface area contributed by atoms with Gasteiger partial charge >= 0.3 is 0 Å². The fourth-order valence-electron chi connectivity index (χ4n) is 2.58. The molecule has 5 nitrogen and oxygen atoms in total. The summed E-state index contributed by atoms with van der Waals surface area (Å²) in [6.45, 7) is 7.00. The number of ether oxygens (including phenoxy) is 2. The summed E-state index contributed by atoms with van der Waals surface area (Å²) in [7, 11) is 0. The van der Waals surface area contributed by atoms with Gasteiger partial charge in [0, 0.05) is 6.08 Å². The van der Waals surface area contributed by atoms with Gasteiger partial charge in [-0.3, -0.25) is 10.1 Å². The number of thiazole rings is 1. The second-order valence-corrected chi connectivity index (χ2v) is 6.92. The van der Waals surface area contributed by atoms with Crippen LogP contribution in [0.5, 0.6) is 11.5 Å². The second-order valence-electron chi connectivity index (χ2n) is 5.88. The van der Waals surface area contributed by atoms with Gasteiger partial charge in [-0.25, -0.2) is 4.98 Å². The lowest BCUT2D eigenvalue weighted by atomic mass is 10.2. The average molecular weight is 382 g/mol. The molecule has 140 valence electrons. The molecule has 0 aliphatic carbocycles. The summed E-state index contributed by atoms with van der Waals surface area (Å²) < 4.78 is 12.2. The largest absolute Gasteiger partial charge is 0.490 e. The lowest BCUT2D eigenvalue weighted by Crippen LogP contribution is -2.07. The smallest absolute Gasteiger partial charge is 0.250 e. The van der Waals surface area contributed by atoms with E-state index < -0.39 is 0 Å². The first-order valence-corrected chi connectivity index (χ1v) is 9.66. The lowest BCUT2D eigenvalue weighted by molar-refractivity contribution is -0.111. The van der Waals surface area contributed by atoms with Crippen LogP contribution in [0.4, 0.5) is 5.13 Å². The van der Waals surface area contributed by atoms with Crippen molar-refractivity contribution in [2.24, 2.45) is 0 Å². The topological polar surface area (TPSA) is 60.5 Å². The van der Waals surface area contributed by atoms with E-state index >= 15 is 0 Å². The highest BCUT2D eigenvalue weighted by Gasteiger charge is 2.07. The summed E-state index contributed by atoms with van der Waals surface area (Å²) in [5, 5.41) is 3.41. The normalized spacial score (nSPS) is 11.1. The predicted molar refractivity (Wildman–Crippen MR) is 111 cm³/mol. The molecule has 3 rings (SSSR count). The van der Waals surface area contributed by atoms with Gasteiger partial charge in [-0.15, -0.1) is 0 Å². The number of carbonyl (C=O) groups is 1. The molecule has 3 aromatic rings. The van der Waals surface area contributed by atoms with Gasteiger partial charge in [0.2, 0.25) is 5.91 Å². The van der Waals surface area contributed by atoms with Crippen LogP contribution in [0.2, 0.25) is 0 Å². The minimum atomic E-state index is -0.224. The van der Waals surface area contributed by atoms with Crippen LogP contribution < -0.4 is 14.8 Å². The van der Waals surface area contributed by atoms with Crippen LogP contribution in [0.1, 0.15) is 25.0 Å². The lowest BCUT2D eigenvalue weighted by Gasteiger charge is -2.11. The molecule has 1 amide bonds. The third kappa shape index (κ3) is 4.86. The molecular weight excluding hydrogens is 360 g/mol. The van der Waals surface area contributed by atoms with E-state index in [0.717, 1.165) is 15.8 Å². The van der Waals surface area contributed by atoms with Gasteiger partial charge in [-0.05, 0) is 62.2 Å². The number of nitrogens with one attached hydrogen (secondary N) is 1. The van der Waals surface area contributed by atoms with Gasteiger partial charge in [0.25, 0.3) is 0 Å². The zero-order valence-electron chi connectivity index (χ0n) is 15.6. The number of fused-ring (bicyclic) bond motifs is 1. The van der Waals surface area contributed by atoms with Crippen LogP contribution in [0.25, 0.3) is 16.3 Å². The van der Waals surface area contributed by atoms with Crippen molar-refractivity contribution in [1.29, 1.82) is 0 Å². The van der Waals surface area contributed by atoms with Crippen molar-refractivity contribution in [2.75, 3.05) is 18.5 Å². The van der Waals surface area contributed by atoms with Crippen LogP contribution in [0.3, 0.4) is 0 Å². The highest BCUT2D eigenvalue weighted by atomic mass is 32.1. The van der Waals surface area contributed by atoms with Crippen molar-refractivity contribution in [3.8, 4) is 11.5 Å². The number of carbonyl (C=O) groups excluding carboxylic acids is 1. The molecular formula is C21H22N2O3S. The highest BCUT2D eigenvalue weighted by Crippen LogP contribution is 2.29. The van der Waals surface area contributed by atoms with Crippen LogP contribution in [0, 0.1) is 6.92 Å². The second kappa shape index (κ2) is 8.68. The molecule has 0 spiro atoms. The molecule has 1 heterocycles. The summed E-state index contributed by atoms with van der Waals surface area (Å²) in [4.78, 5) is 16.7. The molecule has 0 aliphatic rings. The summed E-state index contributed by atoms with van der Waals surface area (Å²) in [5.41, 5.74) is 2.92. The monoisotopic (exact) mass is 382 g/mol. The van der Waals surface area contributed by atoms with Crippen molar-refractivity contribution in [3.63, 3.8) is 0 Å². The van der Waals surface area contributed by atoms with E-state index in [1.54, 1.807) is 6.08 Å². The van der Waals surface area contributed by atoms with E-state index in [0.29, 0.717) is 29.8 Å². The number of amides is 1. The van der Waals surface area contributed by atoms with Crippen molar-refractivity contribution in [1.82, 2.24) is 4.98 Å². The molecule has 0 aliphatic heterocycles. The number of hydrogen-bond acceptors (Lipinski definition) is 5. The number of aryl methyl sites for hydroxylation is 1. The minimum absolute atomic E-state index is 0.224. The molecule has 0 fully saturated rings. The number of aromatic nitrogens is 1. The quantitative estimate of drug-likeness (QED) is 0.581. The molecule has 6 heteroatoms. The summed E-state index contributed by atoms with van der Waals surface area (Å²) >= 11 is 1.46. The van der Waals surface area contributed by atoms with E-state index in [1.807, 2.05) is 51.1 Å². The Balaban J connectivity index is 1.70. The maximum atomic E-state index is 12.2. The van der Waals surface area contributed by atoms with E-state index in [2.05, 4.69) is 16.4 Å². The van der Waals surface area contributed by atoms with E-state index in [-0.39, 0.29) is 5.91 Å². The third-order valence-corrected chi connectivity index (χ3v) is 4.70. The van der Waals surface area contributed by atoms with E-state index in [9.17, 15) is 4.79 Å². The Kier molecular flexibility index (Phi) is 6.08. The molecule has 0 atom stereocenters. The fourth-order valence-corrected chi connectivity index (χ4v) is 3.54. The molecule has 0 saturated heterocycles. The van der Waals surface area contributed by atoms with Gasteiger partial charge in [0.1, 0.15) is 0 Å². The number of benzene rings is 2. The maximum absolute atomic E-state index is 12.2. The number of anilines is 1. The zero-order valence-corrected chi connectivity index (χ0v) is 16.4. The van der Waals surface area contributed by atoms with Crippen LogP contribution in [0.15, 0.2) is 42.5 Å². The van der Waals surface area contributed by atoms with E-state index in [1.165, 1.54) is 23.0 Å². The fraction of sp³-hybridized carbons (Fsp3) is 0.238. The van der Waals surface area contributed by atoms with Crippen LogP contribution in [-0.4, -0.2) is 24.1 Å². The first-order chi connectivity index (χ1) is 13.1. The Bertz CT molecular complexity index is 979. The molecule has 0 saturated carbocycles. The van der Waals surface area contributed by atoms with Crippen molar-refractivity contribution < 1.29 is 14.3 Å². The molecule has 0 bridgehead atoms. The summed E-state index contributed by atoms with van der Waals surface area (Å²) in [6.07, 6.45) is 3.23. The van der Waals surface area contributed by atoms with Gasteiger partial charge in [0.15, 0.2) is 16.6 Å². The zero-order chi connectivity index (χ0) is 19.2. The number of nitrogens with zero attached hydrogens (tertiary/aromatic N) is 1. The van der Waals surface area contributed by atoms with Crippen molar-refractivity contribution in [2.45, 2.75) is 20.8 Å². The minimum Gasteiger partial charge on any atom is -0.490 e. The van der Waals surface area contributed by atoms with Gasteiger partial charge < -0.3 is 9.47 Å². The number of hydrogen-bond donors (Lipinski definition) is 1. The van der Waals surface area contributed by atoms with Crippen LogP contribution >= 0.6 is 11.3 Å². The first-order valence-electron chi connectivity index (χ1n) is 8.85. The molecule has 1 N–H and O–H groups in total. The molecule has 0 radical (unpaired) electrons. The molecule has 1 aromatic heterocycles. The Hall–Kier alpha value is -2.86. The third-order valence-electron chi connectivity index (χ3n) is 3.77. The SMILES string of the molecule is CCOc1ccc(C=CC(=O)Nc2nc3ccc(C)cc3s2)cc1OCC. The standard InChI is InChI=1S/C21H22N2O3S/c1-4-25-17-10-7-15(13-18(17)26-5-2)8-11-20(24)23-21-22-16-9-6-14(3)12-19(16)27-21/h6-13H,4-5H2,1-3H3,(H,22,23,24). The summed E-state index contributed by atoms with van der Waals surface area (Å²) in [5.74, 6) is 1.15. The van der Waals surface area contributed by atoms with Gasteiger partial charge in [0.05, 0.1) is 23.4 Å². The molecule has 2 aromatic carbocycles. The predicted octanol–water partition coefficient (Wildman–Crippen LogP) is 5.05. The average Bonchev–Trinajstić information content (AvgIpc) is 3.03. The number of rotatable bonds is 7. The van der Waals surface area contributed by atoms with Crippen molar-refractivity contribution in [3.05, 3.63) is 53.6 Å². The van der Waals surface area contributed by atoms with Gasteiger partial charge in [-0.1, -0.05) is 23.5 Å². The molecule has 27 heavy (non-hydrogen) atoms. The highest BCUT2D eigenvalue weighted by molar-refractivity contribution is 7.22. The Morgan fingerprint density at radius 1 is 1.11 bits per heavy atom. The Labute approximate surface area is 162 Å². The Morgan fingerprint density at radius 2 is 1.89 bits per heavy atom. The first kappa shape index (κ1) is 18.9. The molecule has 0 unspecified atom stereocenters. The maximum Gasteiger partial charge on any atom is 0.250 e. The Morgan fingerprint density at radius 3 is 2.67 bits per heavy atom. The summed E-state index contributed by atoms with van der Waals surface area (Å²) in [6, 6.07) is 11.6. The van der Waals surface area contributed by atoms with Crippen LogP contribution in [-0.2, 0) is 4.79 Å².